The molecule has 0 aliphatic rings. The zero-order chi connectivity index (χ0) is 14.8. The van der Waals surface area contributed by atoms with Crippen LogP contribution in [0, 0.1) is 0 Å². The van der Waals surface area contributed by atoms with Gasteiger partial charge >= 0.3 is 0 Å². The van der Waals surface area contributed by atoms with Gasteiger partial charge < -0.3 is 0 Å². The zero-order valence-corrected chi connectivity index (χ0v) is 15.6. The van der Waals surface area contributed by atoms with E-state index in [-0.39, 0.29) is 4.83 Å². The molecule has 0 amide bonds. The van der Waals surface area contributed by atoms with Crippen molar-refractivity contribution in [3.8, 4) is 5.69 Å². The van der Waals surface area contributed by atoms with Gasteiger partial charge in [-0.25, -0.2) is 4.68 Å². The molecule has 0 bridgehead atoms. The van der Waals surface area contributed by atoms with Gasteiger partial charge in [0.25, 0.3) is 0 Å². The minimum Gasteiger partial charge on any atom is -0.241 e. The molecule has 2 aromatic carbocycles. The Hall–Kier alpha value is -0.910. The van der Waals surface area contributed by atoms with Gasteiger partial charge in [-0.15, -0.1) is 0 Å². The lowest BCUT2D eigenvalue weighted by Gasteiger charge is -2.09. The van der Waals surface area contributed by atoms with Gasteiger partial charge in [0.15, 0.2) is 0 Å². The van der Waals surface area contributed by atoms with E-state index in [4.69, 9.17) is 0 Å². The first kappa shape index (κ1) is 15.0. The van der Waals surface area contributed by atoms with Crippen molar-refractivity contribution in [3.63, 3.8) is 0 Å². The van der Waals surface area contributed by atoms with Crippen LogP contribution in [0.5, 0.6) is 0 Å². The Labute approximate surface area is 148 Å². The molecule has 1 aromatic heterocycles. The van der Waals surface area contributed by atoms with Crippen LogP contribution >= 0.6 is 47.8 Å². The number of benzene rings is 2. The number of hydrogen-bond acceptors (Lipinski definition) is 1. The summed E-state index contributed by atoms with van der Waals surface area (Å²) in [5.74, 6) is 0. The summed E-state index contributed by atoms with van der Waals surface area (Å²) in [4.78, 5) is 0.101. The Balaban J connectivity index is 1.92. The highest BCUT2D eigenvalue weighted by Crippen LogP contribution is 2.34. The SMILES string of the molecule is Brc1cc(Br)cc(C(Br)c2cnn(-c3ccccc3)c2)c1. The van der Waals surface area contributed by atoms with Crippen LogP contribution in [-0.4, -0.2) is 9.78 Å². The summed E-state index contributed by atoms with van der Waals surface area (Å²) in [5, 5.41) is 4.44. The van der Waals surface area contributed by atoms with Gasteiger partial charge in [0.2, 0.25) is 0 Å². The minimum atomic E-state index is 0.101. The zero-order valence-electron chi connectivity index (χ0n) is 10.9. The van der Waals surface area contributed by atoms with E-state index in [1.165, 1.54) is 5.56 Å². The highest BCUT2D eigenvalue weighted by molar-refractivity contribution is 9.11. The van der Waals surface area contributed by atoms with Crippen LogP contribution in [0.25, 0.3) is 5.69 Å². The van der Waals surface area contributed by atoms with Gasteiger partial charge in [0, 0.05) is 20.7 Å². The Kier molecular flexibility index (Phi) is 4.62. The first-order valence-electron chi connectivity index (χ1n) is 6.33. The van der Waals surface area contributed by atoms with E-state index in [9.17, 15) is 0 Å². The van der Waals surface area contributed by atoms with Gasteiger partial charge in [-0.1, -0.05) is 66.0 Å². The molecule has 5 heteroatoms. The molecule has 1 atom stereocenters. The van der Waals surface area contributed by atoms with Crippen molar-refractivity contribution in [3.05, 3.63) is 81.0 Å². The van der Waals surface area contributed by atoms with E-state index in [1.807, 2.05) is 53.5 Å². The first-order valence-corrected chi connectivity index (χ1v) is 8.84. The molecular weight excluding hydrogens is 460 g/mol. The monoisotopic (exact) mass is 468 g/mol. The lowest BCUT2D eigenvalue weighted by molar-refractivity contribution is 0.880. The molecule has 0 radical (unpaired) electrons. The number of alkyl halides is 1. The fraction of sp³-hybridized carbons (Fsp3) is 0.0625. The minimum absolute atomic E-state index is 0.101. The van der Waals surface area contributed by atoms with Crippen LogP contribution in [0.2, 0.25) is 0 Å². The van der Waals surface area contributed by atoms with Crippen molar-refractivity contribution in [2.24, 2.45) is 0 Å². The number of para-hydroxylation sites is 1. The number of aromatic nitrogens is 2. The summed E-state index contributed by atoms with van der Waals surface area (Å²) in [6.07, 6.45) is 3.94. The Bertz CT molecular complexity index is 733. The van der Waals surface area contributed by atoms with Crippen LogP contribution in [0.4, 0.5) is 0 Å². The third-order valence-electron chi connectivity index (χ3n) is 3.09. The van der Waals surface area contributed by atoms with Crippen molar-refractivity contribution in [1.82, 2.24) is 9.78 Å². The molecule has 2 nitrogen and oxygen atoms in total. The molecular formula is C16H11Br3N2. The van der Waals surface area contributed by atoms with E-state index in [0.717, 1.165) is 20.2 Å². The maximum atomic E-state index is 4.44. The topological polar surface area (TPSA) is 17.8 Å². The maximum Gasteiger partial charge on any atom is 0.0676 e. The summed E-state index contributed by atoms with van der Waals surface area (Å²) in [6, 6.07) is 16.3. The second-order valence-electron chi connectivity index (χ2n) is 4.62. The molecule has 0 aliphatic carbocycles. The van der Waals surface area contributed by atoms with E-state index in [0.29, 0.717) is 0 Å². The second kappa shape index (κ2) is 6.46. The molecule has 3 rings (SSSR count). The molecule has 0 spiro atoms. The molecule has 21 heavy (non-hydrogen) atoms. The smallest absolute Gasteiger partial charge is 0.0676 e. The summed E-state index contributed by atoms with van der Waals surface area (Å²) >= 11 is 10.8. The third kappa shape index (κ3) is 3.47. The van der Waals surface area contributed by atoms with Crippen LogP contribution in [0.1, 0.15) is 16.0 Å². The normalized spacial score (nSPS) is 12.3. The molecule has 0 N–H and O–H groups in total. The van der Waals surface area contributed by atoms with Crippen molar-refractivity contribution < 1.29 is 0 Å². The van der Waals surface area contributed by atoms with Crippen molar-refractivity contribution >= 4 is 47.8 Å². The molecule has 106 valence electrons. The molecule has 0 aliphatic heterocycles. The van der Waals surface area contributed by atoms with Crippen molar-refractivity contribution in [1.29, 1.82) is 0 Å². The highest BCUT2D eigenvalue weighted by Gasteiger charge is 2.14. The second-order valence-corrected chi connectivity index (χ2v) is 7.37. The number of rotatable bonds is 3. The van der Waals surface area contributed by atoms with Crippen LogP contribution < -0.4 is 0 Å². The van der Waals surface area contributed by atoms with E-state index < -0.39 is 0 Å². The fourth-order valence-electron chi connectivity index (χ4n) is 2.10. The van der Waals surface area contributed by atoms with Crippen molar-refractivity contribution in [2.75, 3.05) is 0 Å². The summed E-state index contributed by atoms with van der Waals surface area (Å²) in [6.45, 7) is 0. The molecule has 0 saturated heterocycles. The Morgan fingerprint density at radius 3 is 2.24 bits per heavy atom. The summed E-state index contributed by atoms with van der Waals surface area (Å²) in [7, 11) is 0. The van der Waals surface area contributed by atoms with Gasteiger partial charge in [-0.05, 0) is 35.9 Å². The molecule has 1 unspecified atom stereocenters. The number of hydrogen-bond donors (Lipinski definition) is 0. The summed E-state index contributed by atoms with van der Waals surface area (Å²) in [5.41, 5.74) is 3.34. The average molecular weight is 471 g/mol. The van der Waals surface area contributed by atoms with Crippen LogP contribution in [0.15, 0.2) is 69.9 Å². The Morgan fingerprint density at radius 1 is 0.905 bits per heavy atom. The lowest BCUT2D eigenvalue weighted by atomic mass is 10.1. The standard InChI is InChI=1S/C16H11Br3N2/c17-13-6-11(7-14(18)8-13)16(19)12-9-20-21(10-12)15-4-2-1-3-5-15/h1-10,16H. The van der Waals surface area contributed by atoms with Gasteiger partial charge in [-0.3, -0.25) is 0 Å². The quantitative estimate of drug-likeness (QED) is 0.437. The van der Waals surface area contributed by atoms with Gasteiger partial charge in [-0.2, -0.15) is 5.10 Å². The van der Waals surface area contributed by atoms with Crippen LogP contribution in [-0.2, 0) is 0 Å². The van der Waals surface area contributed by atoms with Gasteiger partial charge in [0.1, 0.15) is 0 Å². The van der Waals surface area contributed by atoms with E-state index >= 15 is 0 Å². The largest absolute Gasteiger partial charge is 0.241 e. The van der Waals surface area contributed by atoms with E-state index in [1.54, 1.807) is 0 Å². The maximum absolute atomic E-state index is 4.44. The molecule has 3 aromatic rings. The predicted octanol–water partition coefficient (Wildman–Crippen LogP) is 5.88. The first-order chi connectivity index (χ1) is 10.1. The summed E-state index contributed by atoms with van der Waals surface area (Å²) < 4.78 is 3.98. The lowest BCUT2D eigenvalue weighted by Crippen LogP contribution is -1.94. The molecule has 0 saturated carbocycles. The highest BCUT2D eigenvalue weighted by atomic mass is 79.9. The van der Waals surface area contributed by atoms with Crippen molar-refractivity contribution in [2.45, 2.75) is 4.83 Å². The number of nitrogens with zero attached hydrogens (tertiary/aromatic N) is 2. The van der Waals surface area contributed by atoms with E-state index in [2.05, 4.69) is 65.0 Å². The average Bonchev–Trinajstić information content (AvgIpc) is 2.96. The molecule has 0 fully saturated rings. The molecule has 1 heterocycles. The Morgan fingerprint density at radius 2 is 1.57 bits per heavy atom. The van der Waals surface area contributed by atoms with Crippen LogP contribution in [0.3, 0.4) is 0 Å². The third-order valence-corrected chi connectivity index (χ3v) is 5.07. The predicted molar refractivity (Wildman–Crippen MR) is 96.2 cm³/mol. The van der Waals surface area contributed by atoms with Gasteiger partial charge in [0.05, 0.1) is 16.7 Å². The fourth-order valence-corrected chi connectivity index (χ4v) is 3.93. The number of halogens is 3.